The zero-order chi connectivity index (χ0) is 45.5. The van der Waals surface area contributed by atoms with Crippen molar-refractivity contribution in [2.45, 2.75) is 219 Å². The largest absolute Gasteiger partial charge is 0.444 e. The van der Waals surface area contributed by atoms with Crippen LogP contribution in [0.5, 0.6) is 0 Å². The fourth-order valence-electron chi connectivity index (χ4n) is 7.87. The molecule has 0 radical (unpaired) electrons. The monoisotopic (exact) mass is 875 g/mol. The standard InChI is InChI=1S/C56H94N2O5/c1-6-8-10-12-14-16-18-20-22-24-26-28-30-32-34-36-45-61-49-53(62-46-37-35-33-31-29-27-25-23-21-19-17-15-13-11-9-7-2)47-57-54(59)51-42-40-50(41-43-51)52-39-38-44-58(48-52)55(60)63-56(3,4)5/h14-17,20-23,40-43,52-53H,6-13,18-19,24-39,44-49H2,1-5H3,(H,57,59)/b16-14-,17-15-,22-20-,23-21-. The van der Waals surface area contributed by atoms with E-state index in [1.54, 1.807) is 0 Å². The number of likely N-dealkylation sites (tertiary alicyclic amines) is 1. The zero-order valence-electron chi connectivity index (χ0n) is 41.2. The second-order valence-electron chi connectivity index (χ2n) is 18.8. The topological polar surface area (TPSA) is 77.1 Å². The van der Waals surface area contributed by atoms with E-state index in [2.05, 4.69) is 67.8 Å². The molecule has 2 amide bonds. The fourth-order valence-corrected chi connectivity index (χ4v) is 7.87. The Kier molecular flexibility index (Phi) is 33.9. The van der Waals surface area contributed by atoms with Gasteiger partial charge >= 0.3 is 6.09 Å². The van der Waals surface area contributed by atoms with E-state index in [1.807, 2.05) is 49.9 Å². The molecule has 7 nitrogen and oxygen atoms in total. The van der Waals surface area contributed by atoms with Crippen LogP contribution in [0.4, 0.5) is 4.79 Å². The highest BCUT2D eigenvalue weighted by atomic mass is 16.6. The summed E-state index contributed by atoms with van der Waals surface area (Å²) in [5, 5.41) is 3.13. The Bertz CT molecular complexity index is 1380. The summed E-state index contributed by atoms with van der Waals surface area (Å²) in [6.45, 7) is 13.9. The smallest absolute Gasteiger partial charge is 0.410 e. The number of rotatable bonds is 37. The zero-order valence-corrected chi connectivity index (χ0v) is 41.2. The summed E-state index contributed by atoms with van der Waals surface area (Å²) in [7, 11) is 0. The number of carbonyl (C=O) groups is 2. The van der Waals surface area contributed by atoms with Crippen molar-refractivity contribution in [3.63, 3.8) is 0 Å². The van der Waals surface area contributed by atoms with Crippen molar-refractivity contribution in [3.8, 4) is 0 Å². The summed E-state index contributed by atoms with van der Waals surface area (Å²) in [5.74, 6) is 0.121. The van der Waals surface area contributed by atoms with Crippen LogP contribution in [-0.2, 0) is 14.2 Å². The number of allylic oxidation sites excluding steroid dienone is 8. The van der Waals surface area contributed by atoms with Gasteiger partial charge in [-0.25, -0.2) is 4.79 Å². The number of nitrogens with one attached hydrogen (secondary N) is 1. The molecular weight excluding hydrogens is 781 g/mol. The van der Waals surface area contributed by atoms with Crippen LogP contribution in [0.3, 0.4) is 0 Å². The molecule has 7 heteroatoms. The highest BCUT2D eigenvalue weighted by Gasteiger charge is 2.28. The first-order valence-corrected chi connectivity index (χ1v) is 25.9. The summed E-state index contributed by atoms with van der Waals surface area (Å²) in [4.78, 5) is 27.8. The highest BCUT2D eigenvalue weighted by molar-refractivity contribution is 5.94. The normalized spacial score (nSPS) is 15.4. The molecule has 0 aliphatic carbocycles. The number of piperidine rings is 1. The first kappa shape index (κ1) is 56.0. The third kappa shape index (κ3) is 31.4. The van der Waals surface area contributed by atoms with Crippen LogP contribution in [0.2, 0.25) is 0 Å². The van der Waals surface area contributed by atoms with E-state index in [9.17, 15) is 9.59 Å². The summed E-state index contributed by atoms with van der Waals surface area (Å²) in [5.41, 5.74) is 1.26. The molecule has 0 saturated carbocycles. The van der Waals surface area contributed by atoms with Crippen LogP contribution in [0.1, 0.15) is 223 Å². The van der Waals surface area contributed by atoms with Crippen molar-refractivity contribution in [3.05, 3.63) is 84.0 Å². The molecule has 63 heavy (non-hydrogen) atoms. The third-order valence-electron chi connectivity index (χ3n) is 11.7. The molecule has 0 bridgehead atoms. The fraction of sp³-hybridized carbons (Fsp3) is 0.714. The predicted molar refractivity (Wildman–Crippen MR) is 268 cm³/mol. The molecule has 1 aromatic rings. The van der Waals surface area contributed by atoms with Crippen LogP contribution in [0, 0.1) is 0 Å². The minimum atomic E-state index is -0.514. The van der Waals surface area contributed by atoms with E-state index in [-0.39, 0.29) is 24.0 Å². The van der Waals surface area contributed by atoms with E-state index < -0.39 is 5.60 Å². The van der Waals surface area contributed by atoms with Gasteiger partial charge in [0.05, 0.1) is 12.7 Å². The van der Waals surface area contributed by atoms with Gasteiger partial charge in [0.1, 0.15) is 5.60 Å². The van der Waals surface area contributed by atoms with E-state index in [0.29, 0.717) is 38.4 Å². The Morgan fingerprint density at radius 2 is 1.16 bits per heavy atom. The second kappa shape index (κ2) is 38.1. The molecule has 1 aliphatic rings. The number of hydrogen-bond acceptors (Lipinski definition) is 5. The lowest BCUT2D eigenvalue weighted by atomic mass is 9.90. The van der Waals surface area contributed by atoms with Crippen LogP contribution in [0.15, 0.2) is 72.9 Å². The molecule has 1 saturated heterocycles. The maximum atomic E-state index is 13.3. The average Bonchev–Trinajstić information content (AvgIpc) is 3.27. The molecular formula is C56H94N2O5. The van der Waals surface area contributed by atoms with Crippen molar-refractivity contribution in [1.29, 1.82) is 0 Å². The molecule has 2 atom stereocenters. The van der Waals surface area contributed by atoms with E-state index in [4.69, 9.17) is 14.2 Å². The Morgan fingerprint density at radius 1 is 0.667 bits per heavy atom. The van der Waals surface area contributed by atoms with Crippen molar-refractivity contribution in [2.24, 2.45) is 0 Å². The molecule has 1 aliphatic heterocycles. The Balaban J connectivity index is 1.71. The summed E-state index contributed by atoms with van der Waals surface area (Å²) in [6.07, 6.45) is 49.4. The van der Waals surface area contributed by atoms with Gasteiger partial charge in [-0.15, -0.1) is 0 Å². The van der Waals surface area contributed by atoms with Gasteiger partial charge in [0.2, 0.25) is 0 Å². The number of nitrogens with zero attached hydrogens (tertiary/aromatic N) is 1. The highest BCUT2D eigenvalue weighted by Crippen LogP contribution is 2.28. The Morgan fingerprint density at radius 3 is 1.68 bits per heavy atom. The molecule has 1 heterocycles. The number of unbranched alkanes of at least 4 members (excludes halogenated alkanes) is 18. The predicted octanol–water partition coefficient (Wildman–Crippen LogP) is 15.6. The summed E-state index contributed by atoms with van der Waals surface area (Å²) < 4.78 is 18.1. The van der Waals surface area contributed by atoms with Crippen molar-refractivity contribution in [2.75, 3.05) is 39.5 Å². The molecule has 0 spiro atoms. The number of benzene rings is 1. The molecule has 1 aromatic carbocycles. The average molecular weight is 875 g/mol. The lowest BCUT2D eigenvalue weighted by Crippen LogP contribution is -2.42. The first-order valence-electron chi connectivity index (χ1n) is 25.9. The van der Waals surface area contributed by atoms with Gasteiger partial charge in [-0.2, -0.15) is 0 Å². The van der Waals surface area contributed by atoms with Crippen molar-refractivity contribution < 1.29 is 23.8 Å². The third-order valence-corrected chi connectivity index (χ3v) is 11.7. The van der Waals surface area contributed by atoms with Crippen molar-refractivity contribution >= 4 is 12.0 Å². The maximum absolute atomic E-state index is 13.3. The van der Waals surface area contributed by atoms with Gasteiger partial charge in [0.15, 0.2) is 0 Å². The maximum Gasteiger partial charge on any atom is 0.410 e. The van der Waals surface area contributed by atoms with Gasteiger partial charge in [-0.05, 0) is 128 Å². The van der Waals surface area contributed by atoms with Crippen molar-refractivity contribution in [1.82, 2.24) is 10.2 Å². The number of amides is 2. The lowest BCUT2D eigenvalue weighted by molar-refractivity contribution is -0.0170. The molecule has 2 rings (SSSR count). The van der Waals surface area contributed by atoms with Gasteiger partial charge in [0.25, 0.3) is 5.91 Å². The van der Waals surface area contributed by atoms with E-state index in [0.717, 1.165) is 57.1 Å². The first-order chi connectivity index (χ1) is 30.7. The van der Waals surface area contributed by atoms with Crippen LogP contribution in [-0.4, -0.2) is 68.1 Å². The Hall–Kier alpha value is -3.16. The van der Waals surface area contributed by atoms with Crippen LogP contribution >= 0.6 is 0 Å². The Labute approximate surface area is 387 Å². The van der Waals surface area contributed by atoms with Gasteiger partial charge in [-0.3, -0.25) is 4.79 Å². The molecule has 2 unspecified atom stereocenters. The van der Waals surface area contributed by atoms with Crippen LogP contribution in [0.25, 0.3) is 0 Å². The minimum absolute atomic E-state index is 0.104. The minimum Gasteiger partial charge on any atom is -0.444 e. The quantitative estimate of drug-likeness (QED) is 0.0532. The number of hydrogen-bond donors (Lipinski definition) is 1. The number of carbonyl (C=O) groups excluding carboxylic acids is 2. The SMILES string of the molecule is CCCCC/C=C\C/C=C\CCCCCCCCOCC(CNC(=O)c1ccc(C2CCCN(C(=O)OC(C)(C)C)C2)cc1)OCCCCCCCC/C=C\C/C=C\CCCCC. The molecule has 0 aromatic heterocycles. The van der Waals surface area contributed by atoms with Gasteiger partial charge in [-0.1, -0.05) is 152 Å². The molecule has 1 N–H and O–H groups in total. The van der Waals surface area contributed by atoms with Gasteiger partial charge < -0.3 is 24.4 Å². The molecule has 1 fully saturated rings. The number of ether oxygens (including phenoxy) is 3. The molecule has 358 valence electrons. The van der Waals surface area contributed by atoms with Gasteiger partial charge in [0, 0.05) is 44.3 Å². The lowest BCUT2D eigenvalue weighted by Gasteiger charge is -2.34. The second-order valence-corrected chi connectivity index (χ2v) is 18.8. The van der Waals surface area contributed by atoms with E-state index in [1.165, 1.54) is 122 Å². The summed E-state index contributed by atoms with van der Waals surface area (Å²) >= 11 is 0. The summed E-state index contributed by atoms with van der Waals surface area (Å²) in [6, 6.07) is 7.87. The van der Waals surface area contributed by atoms with E-state index >= 15 is 0 Å². The van der Waals surface area contributed by atoms with Crippen LogP contribution < -0.4 is 5.32 Å².